The number of aryl methyl sites for hydroxylation is 1. The maximum absolute atomic E-state index is 11.8. The number of halogens is 1. The molecule has 0 spiro atoms. The first-order valence-corrected chi connectivity index (χ1v) is 6.34. The van der Waals surface area contributed by atoms with Gasteiger partial charge < -0.3 is 9.73 Å². The van der Waals surface area contributed by atoms with E-state index < -0.39 is 0 Å². The number of hydrogen-bond donors (Lipinski definition) is 1. The van der Waals surface area contributed by atoms with Gasteiger partial charge >= 0.3 is 0 Å². The SMILES string of the molecule is Cc1ccc(C(=O)Nc2cccc(CBr)c2)o1. The molecule has 0 bridgehead atoms. The van der Waals surface area contributed by atoms with E-state index in [1.807, 2.05) is 31.2 Å². The number of amides is 1. The van der Waals surface area contributed by atoms with Gasteiger partial charge in [0.15, 0.2) is 5.76 Å². The Hall–Kier alpha value is -1.55. The van der Waals surface area contributed by atoms with Gasteiger partial charge in [-0.05, 0) is 36.8 Å². The van der Waals surface area contributed by atoms with Crippen LogP contribution in [0.5, 0.6) is 0 Å². The molecular weight excluding hydrogens is 282 g/mol. The van der Waals surface area contributed by atoms with E-state index in [0.29, 0.717) is 5.76 Å². The molecule has 88 valence electrons. The molecule has 1 N–H and O–H groups in total. The summed E-state index contributed by atoms with van der Waals surface area (Å²) in [6, 6.07) is 11.1. The van der Waals surface area contributed by atoms with Crippen LogP contribution in [0.2, 0.25) is 0 Å². The Labute approximate surface area is 108 Å². The van der Waals surface area contributed by atoms with Crippen molar-refractivity contribution < 1.29 is 9.21 Å². The van der Waals surface area contributed by atoms with Crippen molar-refractivity contribution in [3.8, 4) is 0 Å². The fraction of sp³-hybridized carbons (Fsp3) is 0.154. The molecule has 4 heteroatoms. The second-order valence-corrected chi connectivity index (χ2v) is 4.26. The number of nitrogens with one attached hydrogen (secondary N) is 1. The van der Waals surface area contributed by atoms with E-state index in [4.69, 9.17) is 4.42 Å². The van der Waals surface area contributed by atoms with E-state index >= 15 is 0 Å². The summed E-state index contributed by atoms with van der Waals surface area (Å²) in [4.78, 5) is 11.8. The molecule has 0 atom stereocenters. The van der Waals surface area contributed by atoms with Crippen LogP contribution in [0.25, 0.3) is 0 Å². The van der Waals surface area contributed by atoms with E-state index in [0.717, 1.165) is 22.3 Å². The maximum Gasteiger partial charge on any atom is 0.291 e. The lowest BCUT2D eigenvalue weighted by molar-refractivity contribution is 0.0995. The minimum atomic E-state index is -0.232. The second kappa shape index (κ2) is 5.19. The Bertz CT molecular complexity index is 534. The Balaban J connectivity index is 2.12. The van der Waals surface area contributed by atoms with Crippen LogP contribution in [0.3, 0.4) is 0 Å². The number of furan rings is 1. The summed E-state index contributed by atoms with van der Waals surface area (Å²) in [5.41, 5.74) is 1.87. The van der Waals surface area contributed by atoms with Crippen molar-refractivity contribution in [2.75, 3.05) is 5.32 Å². The molecule has 0 aliphatic rings. The predicted octanol–water partition coefficient (Wildman–Crippen LogP) is 3.74. The van der Waals surface area contributed by atoms with Gasteiger partial charge in [-0.2, -0.15) is 0 Å². The standard InChI is InChI=1S/C13H12BrNO2/c1-9-5-6-12(17-9)13(16)15-11-4-2-3-10(7-11)8-14/h2-7H,8H2,1H3,(H,15,16). The van der Waals surface area contributed by atoms with Gasteiger partial charge in [-0.25, -0.2) is 0 Å². The summed E-state index contributed by atoms with van der Waals surface area (Å²) in [5, 5.41) is 3.55. The summed E-state index contributed by atoms with van der Waals surface area (Å²) in [7, 11) is 0. The molecule has 0 saturated carbocycles. The number of benzene rings is 1. The van der Waals surface area contributed by atoms with E-state index in [1.54, 1.807) is 12.1 Å². The zero-order valence-electron chi connectivity index (χ0n) is 9.37. The smallest absolute Gasteiger partial charge is 0.291 e. The van der Waals surface area contributed by atoms with Gasteiger partial charge in [0.1, 0.15) is 5.76 Å². The fourth-order valence-corrected chi connectivity index (χ4v) is 1.83. The molecule has 0 aliphatic heterocycles. The Morgan fingerprint density at radius 1 is 1.35 bits per heavy atom. The van der Waals surface area contributed by atoms with Gasteiger partial charge in [0.05, 0.1) is 0 Å². The topological polar surface area (TPSA) is 42.2 Å². The van der Waals surface area contributed by atoms with Crippen molar-refractivity contribution in [2.45, 2.75) is 12.3 Å². The van der Waals surface area contributed by atoms with Crippen molar-refractivity contribution in [1.29, 1.82) is 0 Å². The van der Waals surface area contributed by atoms with Crippen LogP contribution >= 0.6 is 15.9 Å². The van der Waals surface area contributed by atoms with Crippen LogP contribution in [-0.2, 0) is 5.33 Å². The van der Waals surface area contributed by atoms with Gasteiger partial charge in [0.2, 0.25) is 0 Å². The van der Waals surface area contributed by atoms with Gasteiger partial charge in [0.25, 0.3) is 5.91 Å². The van der Waals surface area contributed by atoms with E-state index in [-0.39, 0.29) is 5.91 Å². The zero-order chi connectivity index (χ0) is 12.3. The Morgan fingerprint density at radius 3 is 2.82 bits per heavy atom. The normalized spacial score (nSPS) is 10.2. The second-order valence-electron chi connectivity index (χ2n) is 3.70. The number of anilines is 1. The molecule has 2 rings (SSSR count). The summed E-state index contributed by atoms with van der Waals surface area (Å²) in [5.74, 6) is 0.820. The highest BCUT2D eigenvalue weighted by atomic mass is 79.9. The molecule has 0 radical (unpaired) electrons. The minimum Gasteiger partial charge on any atom is -0.456 e. The predicted molar refractivity (Wildman–Crippen MR) is 70.5 cm³/mol. The minimum absolute atomic E-state index is 0.232. The average Bonchev–Trinajstić information content (AvgIpc) is 2.76. The molecule has 0 fully saturated rings. The van der Waals surface area contributed by atoms with Crippen LogP contribution in [-0.4, -0.2) is 5.91 Å². The molecule has 0 aliphatic carbocycles. The van der Waals surface area contributed by atoms with Gasteiger partial charge in [-0.15, -0.1) is 0 Å². The maximum atomic E-state index is 11.8. The van der Waals surface area contributed by atoms with E-state index in [9.17, 15) is 4.79 Å². The number of rotatable bonds is 3. The van der Waals surface area contributed by atoms with Gasteiger partial charge in [-0.1, -0.05) is 28.1 Å². The molecule has 1 heterocycles. The summed E-state index contributed by atoms with van der Waals surface area (Å²) >= 11 is 3.37. The summed E-state index contributed by atoms with van der Waals surface area (Å²) < 4.78 is 5.25. The third-order valence-corrected chi connectivity index (χ3v) is 2.95. The number of carbonyl (C=O) groups excluding carboxylic acids is 1. The number of alkyl halides is 1. The first-order chi connectivity index (χ1) is 8.19. The van der Waals surface area contributed by atoms with Gasteiger partial charge in [-0.3, -0.25) is 4.79 Å². The first kappa shape index (κ1) is 11.9. The van der Waals surface area contributed by atoms with Crippen LogP contribution < -0.4 is 5.32 Å². The van der Waals surface area contributed by atoms with Crippen LogP contribution in [0, 0.1) is 6.92 Å². The number of hydrogen-bond acceptors (Lipinski definition) is 2. The highest BCUT2D eigenvalue weighted by Crippen LogP contribution is 2.15. The van der Waals surface area contributed by atoms with Crippen LogP contribution in [0.1, 0.15) is 21.9 Å². The number of carbonyl (C=O) groups is 1. The van der Waals surface area contributed by atoms with Crippen LogP contribution in [0.4, 0.5) is 5.69 Å². The van der Waals surface area contributed by atoms with Crippen molar-refractivity contribution in [3.05, 3.63) is 53.5 Å². The summed E-state index contributed by atoms with van der Waals surface area (Å²) in [6.45, 7) is 1.81. The van der Waals surface area contributed by atoms with Crippen molar-refractivity contribution in [3.63, 3.8) is 0 Å². The lowest BCUT2D eigenvalue weighted by Crippen LogP contribution is -2.10. The molecule has 0 unspecified atom stereocenters. The fourth-order valence-electron chi connectivity index (χ4n) is 1.48. The third-order valence-electron chi connectivity index (χ3n) is 2.30. The lowest BCUT2D eigenvalue weighted by atomic mass is 10.2. The molecule has 1 aromatic carbocycles. The Kier molecular flexibility index (Phi) is 3.64. The van der Waals surface area contributed by atoms with E-state index in [1.165, 1.54) is 0 Å². The molecule has 0 saturated heterocycles. The van der Waals surface area contributed by atoms with E-state index in [2.05, 4.69) is 21.2 Å². The molecule has 3 nitrogen and oxygen atoms in total. The average molecular weight is 294 g/mol. The molecule has 1 amide bonds. The van der Waals surface area contributed by atoms with Crippen molar-refractivity contribution in [1.82, 2.24) is 0 Å². The van der Waals surface area contributed by atoms with Crippen molar-refractivity contribution in [2.24, 2.45) is 0 Å². The monoisotopic (exact) mass is 293 g/mol. The quantitative estimate of drug-likeness (QED) is 0.876. The molecule has 17 heavy (non-hydrogen) atoms. The highest BCUT2D eigenvalue weighted by Gasteiger charge is 2.09. The zero-order valence-corrected chi connectivity index (χ0v) is 11.0. The molecule has 2 aromatic rings. The van der Waals surface area contributed by atoms with Crippen LogP contribution in [0.15, 0.2) is 40.8 Å². The Morgan fingerprint density at radius 2 is 2.18 bits per heavy atom. The summed E-state index contributed by atoms with van der Waals surface area (Å²) in [6.07, 6.45) is 0. The first-order valence-electron chi connectivity index (χ1n) is 5.22. The lowest BCUT2D eigenvalue weighted by Gasteiger charge is -2.04. The van der Waals surface area contributed by atoms with Crippen molar-refractivity contribution >= 4 is 27.5 Å². The molecular formula is C13H12BrNO2. The largest absolute Gasteiger partial charge is 0.456 e. The highest BCUT2D eigenvalue weighted by molar-refractivity contribution is 9.08. The molecule has 1 aromatic heterocycles. The third kappa shape index (κ3) is 2.97. The van der Waals surface area contributed by atoms with Gasteiger partial charge in [0, 0.05) is 11.0 Å².